The summed E-state index contributed by atoms with van der Waals surface area (Å²) in [6.07, 6.45) is 0.953. The van der Waals surface area contributed by atoms with Gasteiger partial charge in [-0.15, -0.1) is 0 Å². The lowest BCUT2D eigenvalue weighted by Crippen LogP contribution is -2.28. The zero-order chi connectivity index (χ0) is 19.6. The topological polar surface area (TPSA) is 92.6 Å². The van der Waals surface area contributed by atoms with Gasteiger partial charge in [-0.1, -0.05) is 25.1 Å². The number of nitrogens with zero attached hydrogens (tertiary/aromatic N) is 2. The first-order valence-corrected chi connectivity index (χ1v) is 8.85. The Morgan fingerprint density at radius 1 is 1.30 bits per heavy atom. The van der Waals surface area contributed by atoms with E-state index in [9.17, 15) is 19.7 Å². The maximum absolute atomic E-state index is 12.6. The predicted octanol–water partition coefficient (Wildman–Crippen LogP) is 3.46. The van der Waals surface area contributed by atoms with E-state index in [4.69, 9.17) is 0 Å². The Hall–Kier alpha value is -3.22. The number of non-ortho nitro benzene ring substituents is 1. The van der Waals surface area contributed by atoms with Gasteiger partial charge in [0.05, 0.1) is 10.8 Å². The van der Waals surface area contributed by atoms with E-state index in [1.807, 2.05) is 31.2 Å². The van der Waals surface area contributed by atoms with Gasteiger partial charge in [0.25, 0.3) is 5.69 Å². The fourth-order valence-electron chi connectivity index (χ4n) is 3.33. The van der Waals surface area contributed by atoms with E-state index in [0.29, 0.717) is 17.8 Å². The third-order valence-electron chi connectivity index (χ3n) is 4.84. The second-order valence-electron chi connectivity index (χ2n) is 6.63. The van der Waals surface area contributed by atoms with E-state index in [0.717, 1.165) is 17.7 Å². The number of aryl methyl sites for hydroxylation is 2. The number of carbonyl (C=O) groups is 2. The SMILES string of the molecule is CCc1ccccc1N1CC(C(=O)Nc2ccc([N+](=O)[O-])cc2C)CC1=O. The number of nitrogens with one attached hydrogen (secondary N) is 1. The van der Waals surface area contributed by atoms with Crippen molar-refractivity contribution in [2.45, 2.75) is 26.7 Å². The van der Waals surface area contributed by atoms with Crippen LogP contribution in [0.25, 0.3) is 0 Å². The Kier molecular flexibility index (Phi) is 5.21. The van der Waals surface area contributed by atoms with Gasteiger partial charge in [-0.3, -0.25) is 19.7 Å². The van der Waals surface area contributed by atoms with Crippen molar-refractivity contribution < 1.29 is 14.5 Å². The van der Waals surface area contributed by atoms with Gasteiger partial charge in [-0.2, -0.15) is 0 Å². The van der Waals surface area contributed by atoms with Gasteiger partial charge in [0, 0.05) is 36.5 Å². The molecule has 2 amide bonds. The van der Waals surface area contributed by atoms with Crippen molar-refractivity contribution in [2.75, 3.05) is 16.8 Å². The molecule has 0 saturated carbocycles. The van der Waals surface area contributed by atoms with Gasteiger partial charge < -0.3 is 10.2 Å². The van der Waals surface area contributed by atoms with Crippen LogP contribution in [0.4, 0.5) is 17.1 Å². The van der Waals surface area contributed by atoms with Crippen LogP contribution in [-0.4, -0.2) is 23.3 Å². The summed E-state index contributed by atoms with van der Waals surface area (Å²) >= 11 is 0. The Morgan fingerprint density at radius 3 is 2.70 bits per heavy atom. The smallest absolute Gasteiger partial charge is 0.269 e. The van der Waals surface area contributed by atoms with Gasteiger partial charge in [-0.25, -0.2) is 0 Å². The van der Waals surface area contributed by atoms with Gasteiger partial charge in [0.1, 0.15) is 0 Å². The molecule has 7 nitrogen and oxygen atoms in total. The summed E-state index contributed by atoms with van der Waals surface area (Å²) < 4.78 is 0. The van der Waals surface area contributed by atoms with Crippen molar-refractivity contribution in [3.05, 3.63) is 63.7 Å². The molecule has 1 atom stereocenters. The largest absolute Gasteiger partial charge is 0.326 e. The Morgan fingerprint density at radius 2 is 2.04 bits per heavy atom. The maximum atomic E-state index is 12.6. The lowest BCUT2D eigenvalue weighted by atomic mass is 10.1. The summed E-state index contributed by atoms with van der Waals surface area (Å²) in [4.78, 5) is 37.1. The van der Waals surface area contributed by atoms with Crippen LogP contribution in [0.5, 0.6) is 0 Å². The third-order valence-corrected chi connectivity index (χ3v) is 4.84. The standard InChI is InChI=1S/C20H21N3O4/c1-3-14-6-4-5-7-18(14)22-12-15(11-19(22)24)20(25)21-17-9-8-16(23(26)27)10-13(17)2/h4-10,15H,3,11-12H2,1-2H3,(H,21,25). The second-order valence-corrected chi connectivity index (χ2v) is 6.63. The fourth-order valence-corrected chi connectivity index (χ4v) is 3.33. The molecule has 1 saturated heterocycles. The normalized spacial score (nSPS) is 16.4. The molecule has 0 bridgehead atoms. The van der Waals surface area contributed by atoms with Crippen molar-refractivity contribution >= 4 is 28.9 Å². The van der Waals surface area contributed by atoms with Crippen LogP contribution in [0.1, 0.15) is 24.5 Å². The van der Waals surface area contributed by atoms with Crippen molar-refractivity contribution in [1.82, 2.24) is 0 Å². The average molecular weight is 367 g/mol. The van der Waals surface area contributed by atoms with Gasteiger partial charge in [0.15, 0.2) is 0 Å². The summed E-state index contributed by atoms with van der Waals surface area (Å²) in [5.41, 5.74) is 3.02. The first-order chi connectivity index (χ1) is 12.9. The van der Waals surface area contributed by atoms with Crippen LogP contribution in [-0.2, 0) is 16.0 Å². The van der Waals surface area contributed by atoms with Crippen LogP contribution in [0.2, 0.25) is 0 Å². The van der Waals surface area contributed by atoms with Gasteiger partial charge in [0.2, 0.25) is 11.8 Å². The molecule has 0 aromatic heterocycles. The molecule has 3 rings (SSSR count). The van der Waals surface area contributed by atoms with E-state index in [2.05, 4.69) is 5.32 Å². The number of nitro groups is 1. The molecule has 1 aliphatic rings. The number of amides is 2. The highest BCUT2D eigenvalue weighted by atomic mass is 16.6. The fraction of sp³-hybridized carbons (Fsp3) is 0.300. The molecule has 1 N–H and O–H groups in total. The molecule has 1 heterocycles. The van der Waals surface area contributed by atoms with Crippen molar-refractivity contribution in [3.8, 4) is 0 Å². The molecule has 0 spiro atoms. The van der Waals surface area contributed by atoms with E-state index in [-0.39, 0.29) is 23.9 Å². The number of carbonyl (C=O) groups excluding carboxylic acids is 2. The lowest BCUT2D eigenvalue weighted by molar-refractivity contribution is -0.384. The summed E-state index contributed by atoms with van der Waals surface area (Å²) in [6.45, 7) is 4.06. The highest BCUT2D eigenvalue weighted by molar-refractivity contribution is 6.04. The first-order valence-electron chi connectivity index (χ1n) is 8.85. The van der Waals surface area contributed by atoms with E-state index >= 15 is 0 Å². The van der Waals surface area contributed by atoms with E-state index in [1.54, 1.807) is 11.8 Å². The highest BCUT2D eigenvalue weighted by Crippen LogP contribution is 2.29. The highest BCUT2D eigenvalue weighted by Gasteiger charge is 2.36. The molecule has 0 radical (unpaired) electrons. The Balaban J connectivity index is 1.74. The van der Waals surface area contributed by atoms with Gasteiger partial charge in [-0.05, 0) is 36.6 Å². The molecule has 1 aliphatic heterocycles. The predicted molar refractivity (Wildman–Crippen MR) is 103 cm³/mol. The van der Waals surface area contributed by atoms with Crippen molar-refractivity contribution in [1.29, 1.82) is 0 Å². The number of nitro benzene ring substituents is 1. The quantitative estimate of drug-likeness (QED) is 0.647. The number of hydrogen-bond donors (Lipinski definition) is 1. The van der Waals surface area contributed by atoms with E-state index in [1.165, 1.54) is 18.2 Å². The summed E-state index contributed by atoms with van der Waals surface area (Å²) in [5.74, 6) is -0.787. The maximum Gasteiger partial charge on any atom is 0.269 e. The molecule has 1 fully saturated rings. The molecular weight excluding hydrogens is 346 g/mol. The van der Waals surface area contributed by atoms with Crippen molar-refractivity contribution in [3.63, 3.8) is 0 Å². The molecular formula is C20H21N3O4. The third kappa shape index (κ3) is 3.81. The number of rotatable bonds is 5. The van der Waals surface area contributed by atoms with Crippen LogP contribution in [0.15, 0.2) is 42.5 Å². The van der Waals surface area contributed by atoms with Crippen LogP contribution >= 0.6 is 0 Å². The Labute approximate surface area is 157 Å². The van der Waals surface area contributed by atoms with Crippen LogP contribution < -0.4 is 10.2 Å². The van der Waals surface area contributed by atoms with Crippen LogP contribution in [0.3, 0.4) is 0 Å². The molecule has 140 valence electrons. The Bertz CT molecular complexity index is 910. The van der Waals surface area contributed by atoms with Crippen LogP contribution in [0, 0.1) is 23.0 Å². The minimum Gasteiger partial charge on any atom is -0.326 e. The summed E-state index contributed by atoms with van der Waals surface area (Å²) in [7, 11) is 0. The molecule has 2 aromatic rings. The van der Waals surface area contributed by atoms with Crippen molar-refractivity contribution in [2.24, 2.45) is 5.92 Å². The molecule has 0 aliphatic carbocycles. The van der Waals surface area contributed by atoms with E-state index < -0.39 is 10.8 Å². The monoisotopic (exact) mass is 367 g/mol. The minimum absolute atomic E-state index is 0.0242. The molecule has 2 aromatic carbocycles. The summed E-state index contributed by atoms with van der Waals surface area (Å²) in [6, 6.07) is 12.0. The minimum atomic E-state index is -0.475. The number of benzene rings is 2. The number of hydrogen-bond acceptors (Lipinski definition) is 4. The zero-order valence-corrected chi connectivity index (χ0v) is 15.3. The van der Waals surface area contributed by atoms with Gasteiger partial charge >= 0.3 is 0 Å². The number of para-hydroxylation sites is 1. The lowest BCUT2D eigenvalue weighted by Gasteiger charge is -2.20. The molecule has 7 heteroatoms. The molecule has 1 unspecified atom stereocenters. The molecule has 27 heavy (non-hydrogen) atoms. The average Bonchev–Trinajstić information content (AvgIpc) is 3.04. The second kappa shape index (κ2) is 7.57. The zero-order valence-electron chi connectivity index (χ0n) is 15.3. The first kappa shape index (κ1) is 18.6. The number of anilines is 2. The summed E-state index contributed by atoms with van der Waals surface area (Å²) in [5, 5.41) is 13.6.